The van der Waals surface area contributed by atoms with E-state index in [0.717, 1.165) is 6.54 Å². The Kier molecular flexibility index (Phi) is 5.17. The molecule has 1 aliphatic rings. The van der Waals surface area contributed by atoms with Gasteiger partial charge in [-0.2, -0.15) is 4.31 Å². The monoisotopic (exact) mass is 250 g/mol. The van der Waals surface area contributed by atoms with Crippen LogP contribution < -0.4 is 5.32 Å². The standard InChI is InChI=1S/C10H22N2O3S/c1-9(2)15-6-7-16(13,14)12-5-4-11-10(3)8-12/h9-11H,4-8H2,1-3H3/t10-/m1/s1. The summed E-state index contributed by atoms with van der Waals surface area (Å²) in [5, 5.41) is 3.22. The highest BCUT2D eigenvalue weighted by Gasteiger charge is 2.26. The van der Waals surface area contributed by atoms with Gasteiger partial charge >= 0.3 is 0 Å². The molecule has 0 aliphatic carbocycles. The van der Waals surface area contributed by atoms with E-state index in [9.17, 15) is 8.42 Å². The molecular formula is C10H22N2O3S. The second-order valence-electron chi connectivity index (χ2n) is 4.45. The fourth-order valence-electron chi connectivity index (χ4n) is 1.67. The minimum atomic E-state index is -3.14. The van der Waals surface area contributed by atoms with Gasteiger partial charge < -0.3 is 10.1 Å². The minimum absolute atomic E-state index is 0.0807. The number of hydrogen-bond donors (Lipinski definition) is 1. The van der Waals surface area contributed by atoms with Gasteiger partial charge in [0.05, 0.1) is 18.5 Å². The van der Waals surface area contributed by atoms with Crippen molar-refractivity contribution in [2.45, 2.75) is 32.9 Å². The number of ether oxygens (including phenoxy) is 1. The molecule has 1 atom stereocenters. The van der Waals surface area contributed by atoms with E-state index in [0.29, 0.717) is 13.1 Å². The molecule has 0 aromatic heterocycles. The third-order valence-electron chi connectivity index (χ3n) is 2.52. The molecule has 0 saturated carbocycles. The molecule has 0 aromatic rings. The maximum atomic E-state index is 11.9. The molecular weight excluding hydrogens is 228 g/mol. The summed E-state index contributed by atoms with van der Waals surface area (Å²) in [5.41, 5.74) is 0. The molecule has 16 heavy (non-hydrogen) atoms. The van der Waals surface area contributed by atoms with Crippen LogP contribution >= 0.6 is 0 Å². The number of sulfonamides is 1. The molecule has 96 valence electrons. The molecule has 1 aliphatic heterocycles. The highest BCUT2D eigenvalue weighted by molar-refractivity contribution is 7.89. The number of rotatable bonds is 5. The molecule has 1 fully saturated rings. The second kappa shape index (κ2) is 5.95. The summed E-state index contributed by atoms with van der Waals surface area (Å²) < 4.78 is 30.7. The lowest BCUT2D eigenvalue weighted by Crippen LogP contribution is -2.52. The van der Waals surface area contributed by atoms with Crippen LogP contribution in [0.3, 0.4) is 0 Å². The summed E-state index contributed by atoms with van der Waals surface area (Å²) in [5.74, 6) is 0.0812. The van der Waals surface area contributed by atoms with Crippen LogP contribution in [-0.4, -0.2) is 56.9 Å². The molecule has 1 saturated heterocycles. The molecule has 1 rings (SSSR count). The SMILES string of the molecule is CC(C)OCCS(=O)(=O)N1CCN[C@H](C)C1. The van der Waals surface area contributed by atoms with Crippen molar-refractivity contribution in [1.29, 1.82) is 0 Å². The van der Waals surface area contributed by atoms with E-state index in [1.54, 1.807) is 4.31 Å². The van der Waals surface area contributed by atoms with Crippen LogP contribution in [0.5, 0.6) is 0 Å². The normalized spacial score (nSPS) is 23.9. The zero-order chi connectivity index (χ0) is 12.2. The van der Waals surface area contributed by atoms with Crippen LogP contribution in [0.25, 0.3) is 0 Å². The van der Waals surface area contributed by atoms with Crippen LogP contribution in [0.2, 0.25) is 0 Å². The Morgan fingerprint density at radius 1 is 1.50 bits per heavy atom. The lowest BCUT2D eigenvalue weighted by Gasteiger charge is -2.31. The summed E-state index contributed by atoms with van der Waals surface area (Å²) in [6, 6.07) is 0.231. The van der Waals surface area contributed by atoms with Crippen molar-refractivity contribution in [3.63, 3.8) is 0 Å². The van der Waals surface area contributed by atoms with E-state index in [1.807, 2.05) is 20.8 Å². The molecule has 0 aromatic carbocycles. The van der Waals surface area contributed by atoms with Gasteiger partial charge in [0.25, 0.3) is 0 Å². The van der Waals surface area contributed by atoms with Gasteiger partial charge in [0.15, 0.2) is 0 Å². The number of piperazine rings is 1. The first-order valence-corrected chi connectivity index (χ1v) is 7.35. The van der Waals surface area contributed by atoms with Crippen molar-refractivity contribution in [2.24, 2.45) is 0 Å². The van der Waals surface area contributed by atoms with E-state index in [1.165, 1.54) is 0 Å². The minimum Gasteiger partial charge on any atom is -0.378 e. The van der Waals surface area contributed by atoms with Gasteiger partial charge in [-0.15, -0.1) is 0 Å². The largest absolute Gasteiger partial charge is 0.378 e. The third kappa shape index (κ3) is 4.37. The zero-order valence-corrected chi connectivity index (χ0v) is 11.1. The van der Waals surface area contributed by atoms with Crippen LogP contribution in [-0.2, 0) is 14.8 Å². The van der Waals surface area contributed by atoms with Gasteiger partial charge in [-0.05, 0) is 20.8 Å². The van der Waals surface area contributed by atoms with Gasteiger partial charge in [-0.25, -0.2) is 8.42 Å². The average molecular weight is 250 g/mol. The summed E-state index contributed by atoms with van der Waals surface area (Å²) in [6.45, 7) is 7.92. The molecule has 0 bridgehead atoms. The van der Waals surface area contributed by atoms with E-state index in [4.69, 9.17) is 4.74 Å². The molecule has 0 unspecified atom stereocenters. The first-order chi connectivity index (χ1) is 7.42. The quantitative estimate of drug-likeness (QED) is 0.748. The Hall–Kier alpha value is -0.170. The van der Waals surface area contributed by atoms with Gasteiger partial charge in [0.1, 0.15) is 0 Å². The molecule has 0 spiro atoms. The smallest absolute Gasteiger partial charge is 0.216 e. The summed E-state index contributed by atoms with van der Waals surface area (Å²) in [6.07, 6.45) is 0.0807. The van der Waals surface area contributed by atoms with Crippen LogP contribution in [0.15, 0.2) is 0 Å². The third-order valence-corrected chi connectivity index (χ3v) is 4.32. The van der Waals surface area contributed by atoms with E-state index in [2.05, 4.69) is 5.32 Å². The maximum Gasteiger partial charge on any atom is 0.216 e. The Morgan fingerprint density at radius 2 is 2.19 bits per heavy atom. The average Bonchev–Trinajstić information content (AvgIpc) is 2.16. The predicted octanol–water partition coefficient (Wildman–Crippen LogP) is 0.0349. The topological polar surface area (TPSA) is 58.6 Å². The highest BCUT2D eigenvalue weighted by atomic mass is 32.2. The Bertz CT molecular complexity index is 303. The first-order valence-electron chi connectivity index (χ1n) is 5.74. The maximum absolute atomic E-state index is 11.9. The van der Waals surface area contributed by atoms with E-state index >= 15 is 0 Å². The fourth-order valence-corrected chi connectivity index (χ4v) is 3.05. The lowest BCUT2D eigenvalue weighted by atomic mass is 10.3. The van der Waals surface area contributed by atoms with E-state index in [-0.39, 0.29) is 24.5 Å². The number of hydrogen-bond acceptors (Lipinski definition) is 4. The molecule has 5 nitrogen and oxygen atoms in total. The van der Waals surface area contributed by atoms with Crippen molar-refractivity contribution in [3.05, 3.63) is 0 Å². The summed E-state index contributed by atoms with van der Waals surface area (Å²) in [4.78, 5) is 0. The van der Waals surface area contributed by atoms with Gasteiger partial charge in [0, 0.05) is 25.7 Å². The second-order valence-corrected chi connectivity index (χ2v) is 6.54. The molecule has 1 heterocycles. The number of nitrogens with one attached hydrogen (secondary N) is 1. The molecule has 6 heteroatoms. The molecule has 0 radical (unpaired) electrons. The van der Waals surface area contributed by atoms with Crippen molar-refractivity contribution >= 4 is 10.0 Å². The lowest BCUT2D eigenvalue weighted by molar-refractivity contribution is 0.0905. The first kappa shape index (κ1) is 13.9. The van der Waals surface area contributed by atoms with Crippen LogP contribution in [0.1, 0.15) is 20.8 Å². The van der Waals surface area contributed by atoms with Crippen molar-refractivity contribution in [2.75, 3.05) is 32.0 Å². The fraction of sp³-hybridized carbons (Fsp3) is 1.00. The van der Waals surface area contributed by atoms with Gasteiger partial charge in [-0.3, -0.25) is 0 Å². The summed E-state index contributed by atoms with van der Waals surface area (Å²) in [7, 11) is -3.14. The van der Waals surface area contributed by atoms with Gasteiger partial charge in [0.2, 0.25) is 10.0 Å². The Balaban J connectivity index is 2.43. The van der Waals surface area contributed by atoms with E-state index < -0.39 is 10.0 Å². The zero-order valence-electron chi connectivity index (χ0n) is 10.3. The van der Waals surface area contributed by atoms with Crippen LogP contribution in [0.4, 0.5) is 0 Å². The predicted molar refractivity (Wildman–Crippen MR) is 63.9 cm³/mol. The van der Waals surface area contributed by atoms with Gasteiger partial charge in [-0.1, -0.05) is 0 Å². The van der Waals surface area contributed by atoms with Crippen molar-refractivity contribution < 1.29 is 13.2 Å². The molecule has 1 N–H and O–H groups in total. The Morgan fingerprint density at radius 3 is 2.75 bits per heavy atom. The van der Waals surface area contributed by atoms with Crippen LogP contribution in [0, 0.1) is 0 Å². The highest BCUT2D eigenvalue weighted by Crippen LogP contribution is 2.06. The molecule has 0 amide bonds. The number of nitrogens with zero attached hydrogens (tertiary/aromatic N) is 1. The summed E-state index contributed by atoms with van der Waals surface area (Å²) >= 11 is 0. The van der Waals surface area contributed by atoms with Crippen molar-refractivity contribution in [3.8, 4) is 0 Å². The Labute approximate surface area is 98.2 Å². The van der Waals surface area contributed by atoms with Crippen molar-refractivity contribution in [1.82, 2.24) is 9.62 Å².